The maximum absolute atomic E-state index is 13.1. The molecule has 104 valence electrons. The van der Waals surface area contributed by atoms with Gasteiger partial charge < -0.3 is 0 Å². The zero-order valence-electron chi connectivity index (χ0n) is 10.9. The van der Waals surface area contributed by atoms with Crippen LogP contribution in [0, 0.1) is 5.82 Å². The van der Waals surface area contributed by atoms with Gasteiger partial charge in [0.05, 0.1) is 17.4 Å². The number of fused-ring (bicyclic) bond motifs is 1. The number of hydrogen-bond acceptors (Lipinski definition) is 3. The van der Waals surface area contributed by atoms with Crippen LogP contribution in [-0.2, 0) is 0 Å². The van der Waals surface area contributed by atoms with E-state index in [1.807, 2.05) is 12.1 Å². The predicted octanol–water partition coefficient (Wildman–Crippen LogP) is 4.47. The van der Waals surface area contributed by atoms with Gasteiger partial charge in [0.2, 0.25) is 0 Å². The minimum atomic E-state index is -0.289. The Balaban J connectivity index is 1.85. The lowest BCUT2D eigenvalue weighted by molar-refractivity contribution is 0.627. The number of pyridine rings is 1. The fourth-order valence-corrected chi connectivity index (χ4v) is 2.15. The molecule has 1 heterocycles. The summed E-state index contributed by atoms with van der Waals surface area (Å²) < 4.78 is 13.1. The van der Waals surface area contributed by atoms with Crippen LogP contribution < -0.4 is 5.43 Å². The van der Waals surface area contributed by atoms with Crippen molar-refractivity contribution in [2.75, 3.05) is 5.43 Å². The number of benzene rings is 2. The Morgan fingerprint density at radius 2 is 2.05 bits per heavy atom. The van der Waals surface area contributed by atoms with Crippen LogP contribution in [0.5, 0.6) is 0 Å². The van der Waals surface area contributed by atoms with E-state index in [-0.39, 0.29) is 5.82 Å². The quantitative estimate of drug-likeness (QED) is 0.572. The normalized spacial score (nSPS) is 11.1. The summed E-state index contributed by atoms with van der Waals surface area (Å²) in [5.74, 6) is -0.289. The van der Waals surface area contributed by atoms with Gasteiger partial charge >= 0.3 is 0 Å². The molecule has 0 aliphatic carbocycles. The third-order valence-electron chi connectivity index (χ3n) is 2.95. The van der Waals surface area contributed by atoms with Crippen molar-refractivity contribution < 1.29 is 4.39 Å². The molecule has 21 heavy (non-hydrogen) atoms. The Labute approximate surface area is 126 Å². The van der Waals surface area contributed by atoms with Gasteiger partial charge in [-0.05, 0) is 42.0 Å². The first-order chi connectivity index (χ1) is 10.2. The zero-order chi connectivity index (χ0) is 14.7. The van der Waals surface area contributed by atoms with Crippen molar-refractivity contribution in [1.82, 2.24) is 4.98 Å². The largest absolute Gasteiger partial charge is 0.278 e. The summed E-state index contributed by atoms with van der Waals surface area (Å²) >= 11 is 5.94. The van der Waals surface area contributed by atoms with Crippen LogP contribution in [0.25, 0.3) is 10.9 Å². The van der Waals surface area contributed by atoms with Gasteiger partial charge in [0.25, 0.3) is 0 Å². The molecular formula is C16H11ClFN3. The number of halogens is 2. The number of hydrazone groups is 1. The molecule has 0 saturated heterocycles. The van der Waals surface area contributed by atoms with Crippen molar-refractivity contribution in [3.05, 3.63) is 71.1 Å². The van der Waals surface area contributed by atoms with Crippen LogP contribution in [0.15, 0.2) is 59.8 Å². The van der Waals surface area contributed by atoms with E-state index in [9.17, 15) is 4.39 Å². The number of nitrogens with one attached hydrogen (secondary N) is 1. The zero-order valence-corrected chi connectivity index (χ0v) is 11.7. The van der Waals surface area contributed by atoms with Gasteiger partial charge in [-0.15, -0.1) is 0 Å². The first-order valence-electron chi connectivity index (χ1n) is 6.31. The topological polar surface area (TPSA) is 37.3 Å². The number of rotatable bonds is 3. The second kappa shape index (κ2) is 5.89. The summed E-state index contributed by atoms with van der Waals surface area (Å²) in [6.07, 6.45) is 3.24. The molecule has 0 spiro atoms. The highest BCUT2D eigenvalue weighted by atomic mass is 35.5. The van der Waals surface area contributed by atoms with Crippen LogP contribution >= 0.6 is 11.6 Å². The minimum absolute atomic E-state index is 0.289. The van der Waals surface area contributed by atoms with Crippen LogP contribution in [0.4, 0.5) is 10.1 Å². The van der Waals surface area contributed by atoms with E-state index >= 15 is 0 Å². The molecule has 0 unspecified atom stereocenters. The minimum Gasteiger partial charge on any atom is -0.278 e. The molecule has 0 amide bonds. The van der Waals surface area contributed by atoms with Gasteiger partial charge in [-0.25, -0.2) is 4.39 Å². The summed E-state index contributed by atoms with van der Waals surface area (Å²) in [6, 6.07) is 13.5. The molecule has 0 fully saturated rings. The standard InChI is InChI=1S/C16H11ClFN3/c17-12-4-5-14-15(6-7-19-16(14)9-12)21-20-10-11-2-1-3-13(18)8-11/h1-10H,(H,19,21). The van der Waals surface area contributed by atoms with E-state index in [0.29, 0.717) is 10.6 Å². The van der Waals surface area contributed by atoms with Crippen molar-refractivity contribution in [3.8, 4) is 0 Å². The van der Waals surface area contributed by atoms with E-state index in [1.165, 1.54) is 12.1 Å². The maximum atomic E-state index is 13.1. The molecule has 0 atom stereocenters. The third-order valence-corrected chi connectivity index (χ3v) is 3.19. The van der Waals surface area contributed by atoms with Crippen molar-refractivity contribution in [2.24, 2.45) is 5.10 Å². The van der Waals surface area contributed by atoms with E-state index in [0.717, 1.165) is 16.6 Å². The molecule has 1 aromatic heterocycles. The molecule has 0 bridgehead atoms. The summed E-state index contributed by atoms with van der Waals surface area (Å²) in [4.78, 5) is 4.25. The van der Waals surface area contributed by atoms with Crippen molar-refractivity contribution in [2.45, 2.75) is 0 Å². The summed E-state index contributed by atoms with van der Waals surface area (Å²) in [6.45, 7) is 0. The smallest absolute Gasteiger partial charge is 0.123 e. The summed E-state index contributed by atoms with van der Waals surface area (Å²) in [5.41, 5.74) is 5.22. The molecule has 3 aromatic rings. The van der Waals surface area contributed by atoms with Gasteiger partial charge in [0.15, 0.2) is 0 Å². The van der Waals surface area contributed by atoms with Crippen molar-refractivity contribution in [1.29, 1.82) is 0 Å². The molecule has 0 saturated carbocycles. The number of anilines is 1. The molecule has 0 aliphatic heterocycles. The van der Waals surface area contributed by atoms with Crippen molar-refractivity contribution in [3.63, 3.8) is 0 Å². The first kappa shape index (κ1) is 13.5. The molecular weight excluding hydrogens is 289 g/mol. The Hall–Kier alpha value is -2.46. The Kier molecular flexibility index (Phi) is 3.79. The van der Waals surface area contributed by atoms with Gasteiger partial charge in [-0.3, -0.25) is 10.4 Å². The lowest BCUT2D eigenvalue weighted by Crippen LogP contribution is -1.93. The fraction of sp³-hybridized carbons (Fsp3) is 0. The second-order valence-corrected chi connectivity index (χ2v) is 4.88. The van der Waals surface area contributed by atoms with E-state index in [4.69, 9.17) is 11.6 Å². The molecule has 2 aromatic carbocycles. The second-order valence-electron chi connectivity index (χ2n) is 4.44. The summed E-state index contributed by atoms with van der Waals surface area (Å²) in [5, 5.41) is 5.67. The summed E-state index contributed by atoms with van der Waals surface area (Å²) in [7, 11) is 0. The molecule has 1 N–H and O–H groups in total. The highest BCUT2D eigenvalue weighted by Gasteiger charge is 2.01. The average Bonchev–Trinajstić information content (AvgIpc) is 2.47. The number of hydrogen-bond donors (Lipinski definition) is 1. The van der Waals surface area contributed by atoms with E-state index < -0.39 is 0 Å². The molecule has 3 rings (SSSR count). The molecule has 0 aliphatic rings. The monoisotopic (exact) mass is 299 g/mol. The highest BCUT2D eigenvalue weighted by molar-refractivity contribution is 6.31. The van der Waals surface area contributed by atoms with Gasteiger partial charge in [-0.1, -0.05) is 23.7 Å². The Morgan fingerprint density at radius 3 is 2.90 bits per heavy atom. The average molecular weight is 300 g/mol. The fourth-order valence-electron chi connectivity index (χ4n) is 1.98. The van der Waals surface area contributed by atoms with Crippen LogP contribution in [0.3, 0.4) is 0 Å². The lowest BCUT2D eigenvalue weighted by atomic mass is 10.2. The van der Waals surface area contributed by atoms with Gasteiger partial charge in [0.1, 0.15) is 5.82 Å². The SMILES string of the molecule is Fc1cccc(C=NNc2ccnc3cc(Cl)ccc23)c1. The molecule has 3 nitrogen and oxygen atoms in total. The van der Waals surface area contributed by atoms with E-state index in [1.54, 1.807) is 36.7 Å². The van der Waals surface area contributed by atoms with Gasteiger partial charge in [-0.2, -0.15) is 5.10 Å². The Bertz CT molecular complexity index is 817. The van der Waals surface area contributed by atoms with Crippen LogP contribution in [0.2, 0.25) is 5.02 Å². The molecule has 5 heteroatoms. The predicted molar refractivity (Wildman–Crippen MR) is 84.4 cm³/mol. The molecule has 0 radical (unpaired) electrons. The van der Waals surface area contributed by atoms with Crippen LogP contribution in [0.1, 0.15) is 5.56 Å². The third kappa shape index (κ3) is 3.17. The Morgan fingerprint density at radius 1 is 1.14 bits per heavy atom. The first-order valence-corrected chi connectivity index (χ1v) is 6.69. The number of nitrogens with zero attached hydrogens (tertiary/aromatic N) is 2. The van der Waals surface area contributed by atoms with E-state index in [2.05, 4.69) is 15.5 Å². The van der Waals surface area contributed by atoms with Gasteiger partial charge in [0, 0.05) is 16.6 Å². The maximum Gasteiger partial charge on any atom is 0.123 e. The van der Waals surface area contributed by atoms with Crippen molar-refractivity contribution >= 4 is 34.4 Å². The lowest BCUT2D eigenvalue weighted by Gasteiger charge is -2.05. The number of aromatic nitrogens is 1. The highest BCUT2D eigenvalue weighted by Crippen LogP contribution is 2.24. The van der Waals surface area contributed by atoms with Crippen LogP contribution in [-0.4, -0.2) is 11.2 Å².